The summed E-state index contributed by atoms with van der Waals surface area (Å²) in [5, 5.41) is 0. The lowest BCUT2D eigenvalue weighted by atomic mass is 9.83. The van der Waals surface area contributed by atoms with E-state index in [0.717, 1.165) is 59.7 Å². The lowest BCUT2D eigenvalue weighted by Gasteiger charge is -2.52. The number of piperidine rings is 3. The van der Waals surface area contributed by atoms with Crippen LogP contribution in [0.3, 0.4) is 0 Å². The van der Waals surface area contributed by atoms with Crippen molar-refractivity contribution >= 4 is 11.8 Å². The molecule has 3 aliphatic heterocycles. The first kappa shape index (κ1) is 28.9. The van der Waals surface area contributed by atoms with Crippen LogP contribution in [0, 0.1) is 29.2 Å². The van der Waals surface area contributed by atoms with Crippen LogP contribution < -0.4 is 26.6 Å². The number of anilines is 1. The highest BCUT2D eigenvalue weighted by Gasteiger charge is 2.48. The van der Waals surface area contributed by atoms with Gasteiger partial charge in [-0.05, 0) is 42.0 Å². The molecule has 208 valence electrons. The van der Waals surface area contributed by atoms with Crippen LogP contribution in [0.2, 0.25) is 0 Å². The van der Waals surface area contributed by atoms with Crippen LogP contribution in [-0.2, 0) is 11.3 Å². The first-order valence-electron chi connectivity index (χ1n) is 12.7. The van der Waals surface area contributed by atoms with Crippen LogP contribution in [0.5, 0.6) is 5.75 Å². The molecule has 10 heteroatoms. The second-order valence-corrected chi connectivity index (χ2v) is 10.0. The Hall–Kier alpha value is -3.11. The van der Waals surface area contributed by atoms with Gasteiger partial charge in [-0.25, -0.2) is 22.4 Å². The molecule has 1 atom stereocenters. The third-order valence-corrected chi connectivity index (χ3v) is 7.62. The Kier molecular flexibility index (Phi) is 9.17. The van der Waals surface area contributed by atoms with Crippen molar-refractivity contribution in [2.75, 3.05) is 37.7 Å². The molecule has 3 heterocycles. The lowest BCUT2D eigenvalue weighted by molar-refractivity contribution is -0.946. The molecule has 0 saturated carbocycles. The number of rotatable bonds is 8. The predicted octanol–water partition coefficient (Wildman–Crippen LogP) is 3.08. The summed E-state index contributed by atoms with van der Waals surface area (Å²) in [5.41, 5.74) is -0.124. The van der Waals surface area contributed by atoms with E-state index in [4.69, 9.17) is 9.47 Å². The standard InChI is InChI=1S/C29H29F4N2O3.BrH/c30-23-8-4-5-9-26(23)34(18-20-16-24(31)28(33)25(32)17-20)29(36)38-27-19-35(12-10-21(27)11-13-35)14-15-37-22-6-2-1-3-7-22;/h1-9,16-17,21,27H,10-15,18-19H2;1H/q+1;/p-1/t21?,27-,35?;/m0./s1. The molecular weight excluding hydrogens is 580 g/mol. The van der Waals surface area contributed by atoms with E-state index in [-0.39, 0.29) is 34.2 Å². The number of amides is 1. The molecule has 6 rings (SSSR count). The SMILES string of the molecule is O=C(O[C@H]1C[N+]2(CCOc3ccccc3)CCC1CC2)N(Cc1cc(F)c(F)c(F)c1)c1ccccc1F.[Br-]. The molecule has 3 aliphatic rings. The van der Waals surface area contributed by atoms with Crippen molar-refractivity contribution in [3.8, 4) is 5.75 Å². The number of hydrogen-bond donors (Lipinski definition) is 0. The van der Waals surface area contributed by atoms with Crippen molar-refractivity contribution in [2.45, 2.75) is 25.5 Å². The van der Waals surface area contributed by atoms with Crippen molar-refractivity contribution in [1.29, 1.82) is 0 Å². The maximum absolute atomic E-state index is 14.7. The van der Waals surface area contributed by atoms with Crippen molar-refractivity contribution < 1.29 is 53.3 Å². The molecule has 3 aromatic rings. The van der Waals surface area contributed by atoms with Crippen LogP contribution in [0.1, 0.15) is 18.4 Å². The van der Waals surface area contributed by atoms with Gasteiger partial charge in [0, 0.05) is 18.8 Å². The number of fused-ring (bicyclic) bond motifs is 3. The molecule has 3 fully saturated rings. The second kappa shape index (κ2) is 12.4. The van der Waals surface area contributed by atoms with Crippen LogP contribution >= 0.6 is 0 Å². The number of hydrogen-bond acceptors (Lipinski definition) is 3. The second-order valence-electron chi connectivity index (χ2n) is 10.0. The first-order chi connectivity index (χ1) is 18.3. The summed E-state index contributed by atoms with van der Waals surface area (Å²) in [7, 11) is 0. The van der Waals surface area contributed by atoms with Crippen molar-refractivity contribution in [1.82, 2.24) is 0 Å². The van der Waals surface area contributed by atoms with Gasteiger partial charge in [0.15, 0.2) is 23.6 Å². The van der Waals surface area contributed by atoms with Gasteiger partial charge in [0.2, 0.25) is 0 Å². The van der Waals surface area contributed by atoms with E-state index in [9.17, 15) is 22.4 Å². The minimum absolute atomic E-state index is 0. The van der Waals surface area contributed by atoms with Gasteiger partial charge >= 0.3 is 6.09 Å². The Bertz CT molecular complexity index is 1270. The van der Waals surface area contributed by atoms with Crippen LogP contribution in [0.4, 0.5) is 28.0 Å². The van der Waals surface area contributed by atoms with Gasteiger partial charge in [-0.2, -0.15) is 0 Å². The van der Waals surface area contributed by atoms with Crippen molar-refractivity contribution in [3.63, 3.8) is 0 Å². The average Bonchev–Trinajstić information content (AvgIpc) is 2.92. The van der Waals surface area contributed by atoms with Gasteiger partial charge in [0.1, 0.15) is 31.3 Å². The van der Waals surface area contributed by atoms with E-state index in [2.05, 4.69) is 0 Å². The smallest absolute Gasteiger partial charge is 0.415 e. The Labute approximate surface area is 235 Å². The van der Waals surface area contributed by atoms with Crippen molar-refractivity contribution in [3.05, 3.63) is 95.6 Å². The summed E-state index contributed by atoms with van der Waals surface area (Å²) in [5.74, 6) is -4.09. The van der Waals surface area contributed by atoms with Gasteiger partial charge in [-0.3, -0.25) is 4.90 Å². The zero-order valence-electron chi connectivity index (χ0n) is 21.2. The molecule has 3 aromatic carbocycles. The maximum atomic E-state index is 14.7. The fourth-order valence-electron chi connectivity index (χ4n) is 5.54. The van der Waals surface area contributed by atoms with Gasteiger partial charge in [0.05, 0.1) is 25.3 Å². The quantitative estimate of drug-likeness (QED) is 0.224. The fraction of sp³-hybridized carbons (Fsp3) is 0.345. The molecular formula is C29H29BrF4N2O3. The van der Waals surface area contributed by atoms with E-state index in [1.807, 2.05) is 30.3 Å². The number of quaternary nitrogens is 1. The highest BCUT2D eigenvalue weighted by molar-refractivity contribution is 5.87. The number of carbonyl (C=O) groups excluding carboxylic acids is 1. The molecule has 2 bridgehead atoms. The Morgan fingerprint density at radius 1 is 0.897 bits per heavy atom. The zero-order chi connectivity index (χ0) is 26.7. The number of halogens is 5. The third-order valence-electron chi connectivity index (χ3n) is 7.62. The number of carbonyl (C=O) groups is 1. The molecule has 0 aromatic heterocycles. The van der Waals surface area contributed by atoms with Gasteiger partial charge in [-0.1, -0.05) is 30.3 Å². The zero-order valence-corrected chi connectivity index (χ0v) is 22.8. The van der Waals surface area contributed by atoms with Gasteiger partial charge in [-0.15, -0.1) is 0 Å². The molecule has 5 nitrogen and oxygen atoms in total. The Balaban J connectivity index is 0.00000353. The normalized spacial score (nSPS) is 21.6. The molecule has 0 N–H and O–H groups in total. The third kappa shape index (κ3) is 6.55. The number of ether oxygens (including phenoxy) is 2. The summed E-state index contributed by atoms with van der Waals surface area (Å²) >= 11 is 0. The molecule has 0 unspecified atom stereocenters. The van der Waals surface area contributed by atoms with Crippen LogP contribution in [0.25, 0.3) is 0 Å². The Morgan fingerprint density at radius 2 is 1.54 bits per heavy atom. The molecule has 0 spiro atoms. The summed E-state index contributed by atoms with van der Waals surface area (Å²) in [4.78, 5) is 14.4. The van der Waals surface area contributed by atoms with Gasteiger partial charge in [0.25, 0.3) is 0 Å². The van der Waals surface area contributed by atoms with Crippen LogP contribution in [0.15, 0.2) is 66.7 Å². The van der Waals surface area contributed by atoms with E-state index in [0.29, 0.717) is 13.2 Å². The molecule has 0 aliphatic carbocycles. The van der Waals surface area contributed by atoms with E-state index in [1.54, 1.807) is 6.07 Å². The largest absolute Gasteiger partial charge is 1.00 e. The molecule has 3 saturated heterocycles. The summed E-state index contributed by atoms with van der Waals surface area (Å²) in [6.45, 7) is 3.43. The summed E-state index contributed by atoms with van der Waals surface area (Å²) in [6.07, 6.45) is 0.560. The van der Waals surface area contributed by atoms with E-state index < -0.39 is 42.0 Å². The monoisotopic (exact) mass is 608 g/mol. The topological polar surface area (TPSA) is 38.8 Å². The first-order valence-corrected chi connectivity index (χ1v) is 12.7. The molecule has 1 amide bonds. The molecule has 39 heavy (non-hydrogen) atoms. The number of benzene rings is 3. The average molecular weight is 609 g/mol. The number of para-hydroxylation sites is 2. The number of nitrogens with zero attached hydrogens (tertiary/aromatic N) is 2. The highest BCUT2D eigenvalue weighted by Crippen LogP contribution is 2.36. The highest BCUT2D eigenvalue weighted by atomic mass is 79.9. The summed E-state index contributed by atoms with van der Waals surface area (Å²) < 4.78 is 68.5. The minimum atomic E-state index is -1.61. The fourth-order valence-corrected chi connectivity index (χ4v) is 5.54. The van der Waals surface area contributed by atoms with E-state index >= 15 is 0 Å². The Morgan fingerprint density at radius 3 is 2.21 bits per heavy atom. The molecule has 0 radical (unpaired) electrons. The van der Waals surface area contributed by atoms with Crippen molar-refractivity contribution in [2.24, 2.45) is 5.92 Å². The summed E-state index contributed by atoms with van der Waals surface area (Å²) in [6, 6.07) is 16.7. The maximum Gasteiger partial charge on any atom is 0.415 e. The predicted molar refractivity (Wildman–Crippen MR) is 134 cm³/mol. The van der Waals surface area contributed by atoms with E-state index in [1.165, 1.54) is 18.2 Å². The lowest BCUT2D eigenvalue weighted by Crippen LogP contribution is -3.00. The van der Waals surface area contributed by atoms with Crippen LogP contribution in [-0.4, -0.2) is 49.5 Å². The van der Waals surface area contributed by atoms with Gasteiger partial charge < -0.3 is 30.9 Å². The minimum Gasteiger partial charge on any atom is -1.00 e.